The minimum atomic E-state index is -4.18. The Labute approximate surface area is 215 Å². The Balaban J connectivity index is 1.37. The molecule has 3 aromatic rings. The number of fused-ring (bicyclic) bond motifs is 1. The van der Waals surface area contributed by atoms with Crippen LogP contribution in [-0.4, -0.2) is 31.3 Å². The minimum absolute atomic E-state index is 0.146. The van der Waals surface area contributed by atoms with Crippen molar-refractivity contribution in [3.8, 4) is 0 Å². The fraction of sp³-hybridized carbons (Fsp3) is 0.480. The Morgan fingerprint density at radius 2 is 1.97 bits per heavy atom. The maximum atomic E-state index is 12.7. The van der Waals surface area contributed by atoms with Gasteiger partial charge in [-0.05, 0) is 61.9 Å². The van der Waals surface area contributed by atoms with E-state index >= 15 is 0 Å². The average molecular weight is 536 g/mol. The highest BCUT2D eigenvalue weighted by Gasteiger charge is 2.32. The van der Waals surface area contributed by atoms with Gasteiger partial charge in [0.2, 0.25) is 11.0 Å². The third kappa shape index (κ3) is 5.92. The number of sulfonamides is 1. The van der Waals surface area contributed by atoms with Crippen LogP contribution in [0.4, 0.5) is 0 Å². The molecule has 1 aromatic carbocycles. The number of carbonyl (C=O) groups is 2. The molecule has 2 heterocycles. The summed E-state index contributed by atoms with van der Waals surface area (Å²) in [5.74, 6) is -0.923. The largest absolute Gasteiger partial charge is 0.441 e. The molecular formula is C25H30ClN3O6S. The van der Waals surface area contributed by atoms with Crippen LogP contribution in [0.2, 0.25) is 5.02 Å². The normalized spacial score (nSPS) is 16.8. The van der Waals surface area contributed by atoms with E-state index in [1.165, 1.54) is 12.1 Å². The molecule has 0 unspecified atom stereocenters. The summed E-state index contributed by atoms with van der Waals surface area (Å²) in [5, 5.41) is 2.98. The Morgan fingerprint density at radius 1 is 1.22 bits per heavy atom. The van der Waals surface area contributed by atoms with Crippen molar-refractivity contribution in [2.75, 3.05) is 0 Å². The van der Waals surface area contributed by atoms with Crippen LogP contribution in [0.25, 0.3) is 11.1 Å². The van der Waals surface area contributed by atoms with E-state index in [0.29, 0.717) is 47.7 Å². The second kappa shape index (κ2) is 10.3. The van der Waals surface area contributed by atoms with Gasteiger partial charge in [0.15, 0.2) is 17.2 Å². The van der Waals surface area contributed by atoms with Crippen LogP contribution < -0.4 is 10.0 Å². The van der Waals surface area contributed by atoms with Gasteiger partial charge < -0.3 is 14.2 Å². The summed E-state index contributed by atoms with van der Waals surface area (Å²) in [6.07, 6.45) is 4.25. The van der Waals surface area contributed by atoms with E-state index in [0.717, 1.165) is 12.8 Å². The molecule has 2 amide bonds. The monoisotopic (exact) mass is 535 g/mol. The smallest absolute Gasteiger partial charge is 0.297 e. The van der Waals surface area contributed by atoms with Crippen molar-refractivity contribution >= 4 is 44.5 Å². The Kier molecular flexibility index (Phi) is 7.47. The molecule has 0 aliphatic heterocycles. The zero-order valence-corrected chi connectivity index (χ0v) is 22.0. The first kappa shape index (κ1) is 26.2. The molecule has 9 nitrogen and oxygen atoms in total. The van der Waals surface area contributed by atoms with E-state index in [4.69, 9.17) is 20.4 Å². The quantitative estimate of drug-likeness (QED) is 0.379. The van der Waals surface area contributed by atoms with Crippen LogP contribution in [0.15, 0.2) is 44.3 Å². The van der Waals surface area contributed by atoms with Gasteiger partial charge in [-0.15, -0.1) is 0 Å². The van der Waals surface area contributed by atoms with Gasteiger partial charge in [-0.1, -0.05) is 38.3 Å². The molecule has 1 saturated carbocycles. The molecule has 4 rings (SSSR count). The van der Waals surface area contributed by atoms with E-state index in [9.17, 15) is 18.0 Å². The summed E-state index contributed by atoms with van der Waals surface area (Å²) in [7, 11) is -4.18. The highest BCUT2D eigenvalue weighted by atomic mass is 35.5. The number of oxazole rings is 1. The maximum absolute atomic E-state index is 12.7. The minimum Gasteiger partial charge on any atom is -0.441 e. The van der Waals surface area contributed by atoms with Crippen molar-refractivity contribution in [1.82, 2.24) is 15.0 Å². The van der Waals surface area contributed by atoms with Gasteiger partial charge in [-0.3, -0.25) is 9.59 Å². The van der Waals surface area contributed by atoms with Crippen LogP contribution in [0.1, 0.15) is 69.3 Å². The first-order valence-electron chi connectivity index (χ1n) is 12.0. The number of aromatic nitrogens is 1. The fourth-order valence-corrected chi connectivity index (χ4v) is 5.48. The Bertz CT molecular complexity index is 1380. The third-order valence-corrected chi connectivity index (χ3v) is 8.24. The van der Waals surface area contributed by atoms with Gasteiger partial charge in [-0.2, -0.15) is 8.42 Å². The van der Waals surface area contributed by atoms with Gasteiger partial charge in [-0.25, -0.2) is 9.71 Å². The maximum Gasteiger partial charge on any atom is 0.297 e. The van der Waals surface area contributed by atoms with Gasteiger partial charge in [0.25, 0.3) is 15.9 Å². The predicted molar refractivity (Wildman–Crippen MR) is 134 cm³/mol. The lowest BCUT2D eigenvalue weighted by Crippen LogP contribution is -2.38. The predicted octanol–water partition coefficient (Wildman–Crippen LogP) is 4.85. The molecular weight excluding hydrogens is 506 g/mol. The number of nitrogens with zero attached hydrogens (tertiary/aromatic N) is 1. The van der Waals surface area contributed by atoms with E-state index in [1.807, 2.05) is 11.6 Å². The topological polar surface area (TPSA) is 132 Å². The number of furan rings is 1. The van der Waals surface area contributed by atoms with Crippen LogP contribution in [0.3, 0.4) is 0 Å². The lowest BCUT2D eigenvalue weighted by molar-refractivity contribution is -0.125. The molecule has 1 aliphatic carbocycles. The van der Waals surface area contributed by atoms with Crippen LogP contribution in [0.5, 0.6) is 0 Å². The van der Waals surface area contributed by atoms with Crippen molar-refractivity contribution in [2.24, 2.45) is 11.3 Å². The number of benzene rings is 1. The summed E-state index contributed by atoms with van der Waals surface area (Å²) >= 11 is 6.04. The van der Waals surface area contributed by atoms with Gasteiger partial charge in [0, 0.05) is 23.4 Å². The molecule has 2 N–H and O–H groups in total. The number of hydrogen-bond acceptors (Lipinski definition) is 7. The molecule has 0 saturated heterocycles. The molecule has 0 radical (unpaired) electrons. The average Bonchev–Trinajstić information content (AvgIpc) is 3.39. The van der Waals surface area contributed by atoms with Crippen molar-refractivity contribution < 1.29 is 26.8 Å². The second-order valence-electron chi connectivity index (χ2n) is 9.86. The standard InChI is InChI=1S/C25H30ClN3O6S/c1-4-25(3,14-21-28-18-12-17(26)8-9-19(18)34-21)13-15(2)27-24(31)20-10-11-22(35-20)36(32,33)29-23(30)16-6-5-7-16/h8-12,15-16H,4-7,13-14H2,1-3H3,(H,27,31)(H,29,30)/t15-,25-/m0/s1. The van der Waals surface area contributed by atoms with Gasteiger partial charge in [0.05, 0.1) is 0 Å². The first-order chi connectivity index (χ1) is 17.0. The molecule has 0 bridgehead atoms. The summed E-state index contributed by atoms with van der Waals surface area (Å²) < 4.78 is 38.1. The number of carbonyl (C=O) groups excluding carboxylic acids is 2. The van der Waals surface area contributed by atoms with Gasteiger partial charge >= 0.3 is 0 Å². The van der Waals surface area contributed by atoms with Crippen molar-refractivity contribution in [1.29, 1.82) is 0 Å². The number of halogens is 1. The number of hydrogen-bond donors (Lipinski definition) is 2. The lowest BCUT2D eigenvalue weighted by Gasteiger charge is -2.30. The second-order valence-corrected chi connectivity index (χ2v) is 11.9. The van der Waals surface area contributed by atoms with Crippen LogP contribution in [0, 0.1) is 11.3 Å². The molecule has 194 valence electrons. The summed E-state index contributed by atoms with van der Waals surface area (Å²) in [6, 6.07) is 7.51. The van der Waals surface area contributed by atoms with Crippen molar-refractivity contribution in [3.63, 3.8) is 0 Å². The first-order valence-corrected chi connectivity index (χ1v) is 13.9. The molecule has 11 heteroatoms. The number of nitrogens with one attached hydrogen (secondary N) is 2. The van der Waals surface area contributed by atoms with Crippen molar-refractivity contribution in [2.45, 2.75) is 70.4 Å². The number of amides is 2. The SMILES string of the molecule is CC[C@](C)(Cc1nc2cc(Cl)ccc2o1)C[C@H](C)NC(=O)c1ccc(S(=O)(=O)NC(=O)C2CCC2)o1. The van der Waals surface area contributed by atoms with E-state index in [2.05, 4.69) is 24.1 Å². The molecule has 1 fully saturated rings. The van der Waals surface area contributed by atoms with Crippen LogP contribution in [-0.2, 0) is 21.2 Å². The number of rotatable bonds is 10. The van der Waals surface area contributed by atoms with E-state index in [1.54, 1.807) is 18.2 Å². The summed E-state index contributed by atoms with van der Waals surface area (Å²) in [5.41, 5.74) is 1.15. The molecule has 2 aromatic heterocycles. The Morgan fingerprint density at radius 3 is 2.64 bits per heavy atom. The zero-order valence-electron chi connectivity index (χ0n) is 20.5. The van der Waals surface area contributed by atoms with E-state index in [-0.39, 0.29) is 23.1 Å². The fourth-order valence-electron chi connectivity index (χ4n) is 4.34. The molecule has 0 spiro atoms. The van der Waals surface area contributed by atoms with Crippen LogP contribution >= 0.6 is 11.6 Å². The van der Waals surface area contributed by atoms with Gasteiger partial charge in [0.1, 0.15) is 5.52 Å². The summed E-state index contributed by atoms with van der Waals surface area (Å²) in [4.78, 5) is 29.3. The lowest BCUT2D eigenvalue weighted by atomic mass is 9.78. The summed E-state index contributed by atoms with van der Waals surface area (Å²) in [6.45, 7) is 6.03. The highest BCUT2D eigenvalue weighted by Crippen LogP contribution is 2.33. The molecule has 36 heavy (non-hydrogen) atoms. The Hall–Kier alpha value is -2.85. The molecule has 1 aliphatic rings. The van der Waals surface area contributed by atoms with E-state index < -0.39 is 26.9 Å². The zero-order chi connectivity index (χ0) is 26.1. The third-order valence-electron chi connectivity index (χ3n) is 6.78. The van der Waals surface area contributed by atoms with Crippen molar-refractivity contribution in [3.05, 3.63) is 47.0 Å². The highest BCUT2D eigenvalue weighted by molar-refractivity contribution is 7.89. The molecule has 2 atom stereocenters.